The molecule has 0 unspecified atom stereocenters. The van der Waals surface area contributed by atoms with Gasteiger partial charge in [-0.15, -0.1) is 0 Å². The molecule has 11 heteroatoms. The van der Waals surface area contributed by atoms with Crippen LogP contribution in [-0.4, -0.2) is 66.4 Å². The van der Waals surface area contributed by atoms with Crippen molar-refractivity contribution < 1.29 is 32.6 Å². The first-order valence-corrected chi connectivity index (χ1v) is 10.7. The molecule has 0 saturated carbocycles. The van der Waals surface area contributed by atoms with Gasteiger partial charge in [-0.25, -0.2) is 9.59 Å². The number of morpholine rings is 1. The fourth-order valence-electron chi connectivity index (χ4n) is 2.75. The fourth-order valence-corrected chi connectivity index (χ4v) is 3.52. The first-order chi connectivity index (χ1) is 14.2. The van der Waals surface area contributed by atoms with Gasteiger partial charge in [0.15, 0.2) is 18.1 Å². The Kier molecular flexibility index (Phi) is 9.40. The molecular weight excluding hydrogens is 416 g/mol. The molecule has 30 heavy (non-hydrogen) atoms. The van der Waals surface area contributed by atoms with Gasteiger partial charge < -0.3 is 28.8 Å². The van der Waals surface area contributed by atoms with Gasteiger partial charge in [0.2, 0.25) is 0 Å². The number of rotatable bonds is 10. The van der Waals surface area contributed by atoms with Crippen molar-refractivity contribution in [3.05, 3.63) is 22.1 Å². The molecule has 1 saturated heterocycles. The SMILES string of the molecule is Cc1oc(=O)oc1COC(=O)SC(C)(C)[C@@H](N)C(=O)OCCCCN1CCOCC1. The number of esters is 1. The summed E-state index contributed by atoms with van der Waals surface area (Å²) < 4.78 is 24.2. The summed E-state index contributed by atoms with van der Waals surface area (Å²) in [5.41, 5.74) is 6.01. The number of ether oxygens (including phenoxy) is 3. The highest BCUT2D eigenvalue weighted by Gasteiger charge is 2.37. The summed E-state index contributed by atoms with van der Waals surface area (Å²) >= 11 is 0.777. The third kappa shape index (κ3) is 7.78. The lowest BCUT2D eigenvalue weighted by Gasteiger charge is -2.28. The van der Waals surface area contributed by atoms with E-state index in [1.165, 1.54) is 6.92 Å². The van der Waals surface area contributed by atoms with Gasteiger partial charge in [-0.2, -0.15) is 0 Å². The van der Waals surface area contributed by atoms with Crippen LogP contribution in [0.5, 0.6) is 0 Å². The maximum absolute atomic E-state index is 12.3. The standard InChI is InChI=1S/C19H30N2O8S/c1-13-14(29-17(23)28-13)12-27-18(24)30-19(2,3)15(20)16(22)26-9-5-4-6-21-7-10-25-11-8-21/h15H,4-12,20H2,1-3H3/t15-/m0/s1. The van der Waals surface area contributed by atoms with E-state index in [0.29, 0.717) is 0 Å². The van der Waals surface area contributed by atoms with Gasteiger partial charge in [0, 0.05) is 17.8 Å². The number of aryl methyl sites for hydroxylation is 1. The van der Waals surface area contributed by atoms with Crippen molar-refractivity contribution in [2.45, 2.75) is 51.0 Å². The minimum atomic E-state index is -1.01. The number of carbonyl (C=O) groups is 2. The quantitative estimate of drug-likeness (QED) is 0.415. The Hall–Kier alpha value is -1.82. The average molecular weight is 447 g/mol. The summed E-state index contributed by atoms with van der Waals surface area (Å²) in [6, 6.07) is -1.01. The Balaban J connectivity index is 1.67. The normalized spacial score (nSPS) is 16.3. The van der Waals surface area contributed by atoms with E-state index in [1.54, 1.807) is 13.8 Å². The molecule has 0 aromatic carbocycles. The van der Waals surface area contributed by atoms with Crippen LogP contribution in [0, 0.1) is 6.92 Å². The van der Waals surface area contributed by atoms with Crippen LogP contribution in [-0.2, 0) is 25.6 Å². The van der Waals surface area contributed by atoms with Gasteiger partial charge in [0.1, 0.15) is 6.04 Å². The highest BCUT2D eigenvalue weighted by molar-refractivity contribution is 8.14. The topological polar surface area (TPSA) is 134 Å². The number of thioether (sulfide) groups is 1. The first kappa shape index (κ1) is 24.4. The monoisotopic (exact) mass is 446 g/mol. The summed E-state index contributed by atoms with van der Waals surface area (Å²) in [5.74, 6) is -1.05. The smallest absolute Gasteiger partial charge is 0.464 e. The van der Waals surface area contributed by atoms with Crippen molar-refractivity contribution >= 4 is 23.0 Å². The highest BCUT2D eigenvalue weighted by Crippen LogP contribution is 2.30. The van der Waals surface area contributed by atoms with E-state index in [2.05, 4.69) is 4.90 Å². The van der Waals surface area contributed by atoms with E-state index >= 15 is 0 Å². The lowest BCUT2D eigenvalue weighted by Crippen LogP contribution is -2.48. The minimum Gasteiger partial charge on any atom is -0.464 e. The number of hydrogen-bond acceptors (Lipinski definition) is 11. The number of unbranched alkanes of at least 4 members (excludes halogenated alkanes) is 1. The third-order valence-electron chi connectivity index (χ3n) is 4.72. The summed E-state index contributed by atoms with van der Waals surface area (Å²) in [7, 11) is 0. The summed E-state index contributed by atoms with van der Waals surface area (Å²) in [6.07, 6.45) is 1.65. The molecule has 1 atom stereocenters. The molecule has 0 bridgehead atoms. The van der Waals surface area contributed by atoms with E-state index < -0.39 is 27.9 Å². The predicted octanol–water partition coefficient (Wildman–Crippen LogP) is 1.67. The van der Waals surface area contributed by atoms with E-state index in [-0.39, 0.29) is 24.7 Å². The summed E-state index contributed by atoms with van der Waals surface area (Å²) in [5, 5.41) is -0.656. The van der Waals surface area contributed by atoms with Crippen molar-refractivity contribution in [3.8, 4) is 0 Å². The van der Waals surface area contributed by atoms with Crippen LogP contribution in [0.4, 0.5) is 4.79 Å². The maximum atomic E-state index is 12.3. The van der Waals surface area contributed by atoms with Gasteiger partial charge in [-0.3, -0.25) is 9.69 Å². The van der Waals surface area contributed by atoms with Crippen LogP contribution in [0.15, 0.2) is 13.6 Å². The number of nitrogens with zero attached hydrogens (tertiary/aromatic N) is 1. The van der Waals surface area contributed by atoms with Crippen molar-refractivity contribution in [3.63, 3.8) is 0 Å². The van der Waals surface area contributed by atoms with E-state index in [9.17, 15) is 14.4 Å². The lowest BCUT2D eigenvalue weighted by molar-refractivity contribution is -0.145. The lowest BCUT2D eigenvalue weighted by atomic mass is 10.0. The maximum Gasteiger partial charge on any atom is 0.519 e. The van der Waals surface area contributed by atoms with E-state index in [4.69, 9.17) is 28.8 Å². The Morgan fingerprint density at radius 1 is 1.20 bits per heavy atom. The van der Waals surface area contributed by atoms with Crippen LogP contribution in [0.3, 0.4) is 0 Å². The number of nitrogens with two attached hydrogens (primary N) is 1. The molecule has 1 aliphatic heterocycles. The van der Waals surface area contributed by atoms with Gasteiger partial charge in [-0.05, 0) is 51.9 Å². The molecule has 2 N–H and O–H groups in total. The molecule has 1 aromatic rings. The molecule has 0 aliphatic carbocycles. The Morgan fingerprint density at radius 2 is 1.90 bits per heavy atom. The second-order valence-corrected chi connectivity index (χ2v) is 9.07. The van der Waals surface area contributed by atoms with Crippen molar-refractivity contribution in [1.29, 1.82) is 0 Å². The predicted molar refractivity (Wildman–Crippen MR) is 109 cm³/mol. The van der Waals surface area contributed by atoms with Crippen LogP contribution >= 0.6 is 11.8 Å². The van der Waals surface area contributed by atoms with E-state index in [1.807, 2.05) is 0 Å². The van der Waals surface area contributed by atoms with Gasteiger partial charge in [-0.1, -0.05) is 0 Å². The molecule has 2 rings (SSSR count). The van der Waals surface area contributed by atoms with Crippen LogP contribution < -0.4 is 11.6 Å². The molecule has 0 amide bonds. The van der Waals surface area contributed by atoms with Crippen LogP contribution in [0.2, 0.25) is 0 Å². The Bertz CT molecular complexity index is 754. The first-order valence-electron chi connectivity index (χ1n) is 9.86. The third-order valence-corrected chi connectivity index (χ3v) is 5.79. The molecule has 2 heterocycles. The molecule has 1 aliphatic rings. The molecule has 0 radical (unpaired) electrons. The van der Waals surface area contributed by atoms with Crippen molar-refractivity contribution in [2.75, 3.05) is 39.5 Å². The van der Waals surface area contributed by atoms with E-state index in [0.717, 1.165) is 57.5 Å². The second-order valence-electron chi connectivity index (χ2n) is 7.48. The molecule has 170 valence electrons. The highest BCUT2D eigenvalue weighted by atomic mass is 32.2. The Morgan fingerprint density at radius 3 is 2.53 bits per heavy atom. The zero-order chi connectivity index (χ0) is 22.1. The fraction of sp³-hybridized carbons (Fsp3) is 0.737. The van der Waals surface area contributed by atoms with Crippen LogP contribution in [0.25, 0.3) is 0 Å². The zero-order valence-corrected chi connectivity index (χ0v) is 18.5. The Labute approximate surface area is 179 Å². The number of hydrogen-bond donors (Lipinski definition) is 1. The second kappa shape index (κ2) is 11.5. The molecule has 1 fully saturated rings. The number of carbonyl (C=O) groups excluding carboxylic acids is 2. The minimum absolute atomic E-state index is 0.132. The average Bonchev–Trinajstić information content (AvgIpc) is 3.02. The molecular formula is C19H30N2O8S. The van der Waals surface area contributed by atoms with Crippen molar-refractivity contribution in [2.24, 2.45) is 5.73 Å². The van der Waals surface area contributed by atoms with Crippen molar-refractivity contribution in [1.82, 2.24) is 4.90 Å². The summed E-state index contributed by atoms with van der Waals surface area (Å²) in [4.78, 5) is 37.7. The van der Waals surface area contributed by atoms with Crippen LogP contribution in [0.1, 0.15) is 38.2 Å². The summed E-state index contributed by atoms with van der Waals surface area (Å²) in [6.45, 7) is 9.19. The molecule has 10 nitrogen and oxygen atoms in total. The zero-order valence-electron chi connectivity index (χ0n) is 17.6. The van der Waals surface area contributed by atoms with Gasteiger partial charge in [0.05, 0.1) is 19.8 Å². The largest absolute Gasteiger partial charge is 0.519 e. The van der Waals surface area contributed by atoms with Gasteiger partial charge >= 0.3 is 17.1 Å². The van der Waals surface area contributed by atoms with Gasteiger partial charge in [0.25, 0.3) is 0 Å². The molecule has 1 aromatic heterocycles. The molecule has 0 spiro atoms.